The smallest absolute Gasteiger partial charge is 0.339 e. The van der Waals surface area contributed by atoms with Crippen LogP contribution in [0.4, 0.5) is 4.79 Å². The number of aromatic amines is 1. The van der Waals surface area contributed by atoms with E-state index >= 15 is 0 Å². The molecule has 2 N–H and O–H groups in total. The number of nitrogens with zero attached hydrogens (tertiary/aromatic N) is 1. The molecule has 27 heavy (non-hydrogen) atoms. The zero-order valence-electron chi connectivity index (χ0n) is 16.1. The van der Waals surface area contributed by atoms with Crippen molar-refractivity contribution in [1.82, 2.24) is 15.2 Å². The third kappa shape index (κ3) is 2.93. The van der Waals surface area contributed by atoms with Crippen molar-refractivity contribution in [2.75, 3.05) is 7.11 Å². The summed E-state index contributed by atoms with van der Waals surface area (Å²) in [7, 11) is 1.27. The van der Waals surface area contributed by atoms with E-state index in [0.717, 1.165) is 24.2 Å². The minimum absolute atomic E-state index is 0.214. The Balaban J connectivity index is 1.89. The van der Waals surface area contributed by atoms with Crippen molar-refractivity contribution in [3.8, 4) is 0 Å². The quantitative estimate of drug-likeness (QED) is 0.477. The second kappa shape index (κ2) is 6.83. The minimum atomic E-state index is -0.971. The molecule has 1 aliphatic carbocycles. The number of aryl methyl sites for hydroxylation is 1. The highest BCUT2D eigenvalue weighted by molar-refractivity contribution is 6.13. The maximum Gasteiger partial charge on any atom is 0.339 e. The summed E-state index contributed by atoms with van der Waals surface area (Å²) in [5.41, 5.74) is 0.605. The van der Waals surface area contributed by atoms with Crippen LogP contribution < -0.4 is 5.32 Å². The maximum absolute atomic E-state index is 13.0. The molecule has 0 unspecified atom stereocenters. The van der Waals surface area contributed by atoms with Crippen LogP contribution in [0.2, 0.25) is 0 Å². The number of carbonyl (C=O) groups excluding carboxylic acids is 4. The van der Waals surface area contributed by atoms with Crippen LogP contribution in [0.5, 0.6) is 0 Å². The van der Waals surface area contributed by atoms with Gasteiger partial charge in [-0.25, -0.2) is 9.59 Å². The molecule has 1 atom stereocenters. The van der Waals surface area contributed by atoms with E-state index in [1.807, 2.05) is 0 Å². The number of nitrogens with one attached hydrogen (secondary N) is 2. The molecule has 3 rings (SSSR count). The number of aromatic nitrogens is 1. The average Bonchev–Trinajstić information content (AvgIpc) is 3.07. The van der Waals surface area contributed by atoms with E-state index in [1.54, 1.807) is 13.8 Å². The number of hydrogen-bond acceptors (Lipinski definition) is 5. The summed E-state index contributed by atoms with van der Waals surface area (Å²) in [6, 6.07) is -1.50. The second-order valence-electron chi connectivity index (χ2n) is 7.40. The zero-order valence-corrected chi connectivity index (χ0v) is 16.1. The van der Waals surface area contributed by atoms with Crippen molar-refractivity contribution in [3.05, 3.63) is 22.5 Å². The van der Waals surface area contributed by atoms with Crippen LogP contribution in [0.25, 0.3) is 0 Å². The third-order valence-corrected chi connectivity index (χ3v) is 5.74. The molecule has 2 heterocycles. The summed E-state index contributed by atoms with van der Waals surface area (Å²) in [6.45, 7) is 4.85. The highest BCUT2D eigenvalue weighted by atomic mass is 16.5. The number of H-pyrrole nitrogens is 1. The molecule has 0 bridgehead atoms. The molecule has 2 aliphatic rings. The van der Waals surface area contributed by atoms with E-state index in [0.29, 0.717) is 29.7 Å². The normalized spacial score (nSPS) is 19.9. The van der Waals surface area contributed by atoms with Crippen LogP contribution >= 0.6 is 0 Å². The first-order chi connectivity index (χ1) is 12.7. The molecular formula is C19H25N3O5. The Labute approximate surface area is 157 Å². The zero-order chi connectivity index (χ0) is 19.9. The molecule has 1 saturated carbocycles. The van der Waals surface area contributed by atoms with E-state index in [2.05, 4.69) is 10.3 Å². The molecule has 1 aromatic rings. The number of rotatable bonds is 4. The molecule has 146 valence electrons. The lowest BCUT2D eigenvalue weighted by Crippen LogP contribution is -2.49. The Hall–Kier alpha value is -2.64. The van der Waals surface area contributed by atoms with Gasteiger partial charge in [-0.05, 0) is 39.2 Å². The number of carbonyl (C=O) groups is 4. The van der Waals surface area contributed by atoms with Gasteiger partial charge in [0.1, 0.15) is 11.6 Å². The predicted molar refractivity (Wildman–Crippen MR) is 96.6 cm³/mol. The molecule has 0 radical (unpaired) electrons. The summed E-state index contributed by atoms with van der Waals surface area (Å²) in [4.78, 5) is 54.4. The Kier molecular flexibility index (Phi) is 4.84. The lowest BCUT2D eigenvalue weighted by molar-refractivity contribution is -0.133. The summed E-state index contributed by atoms with van der Waals surface area (Å²) in [6.07, 6.45) is 3.99. The Morgan fingerprint density at radius 3 is 2.37 bits per heavy atom. The van der Waals surface area contributed by atoms with Crippen molar-refractivity contribution < 1.29 is 23.9 Å². The van der Waals surface area contributed by atoms with Crippen LogP contribution in [0.3, 0.4) is 0 Å². The first-order valence-electron chi connectivity index (χ1n) is 9.21. The molecule has 1 aromatic heterocycles. The molecule has 8 nitrogen and oxygen atoms in total. The summed E-state index contributed by atoms with van der Waals surface area (Å²) in [5, 5.41) is 2.82. The molecule has 8 heteroatoms. The fourth-order valence-corrected chi connectivity index (χ4v) is 4.22. The Morgan fingerprint density at radius 2 is 1.78 bits per heavy atom. The Morgan fingerprint density at radius 1 is 1.15 bits per heavy atom. The number of methoxy groups -OCH3 is 1. The van der Waals surface area contributed by atoms with Crippen LogP contribution in [-0.2, 0) is 9.53 Å². The maximum atomic E-state index is 13.0. The van der Waals surface area contributed by atoms with Gasteiger partial charge >= 0.3 is 12.0 Å². The van der Waals surface area contributed by atoms with Gasteiger partial charge in [0.25, 0.3) is 5.91 Å². The average molecular weight is 375 g/mol. The fourth-order valence-electron chi connectivity index (χ4n) is 4.22. The summed E-state index contributed by atoms with van der Waals surface area (Å²) in [5.74, 6) is -1.28. The molecule has 0 aromatic carbocycles. The van der Waals surface area contributed by atoms with Crippen molar-refractivity contribution >= 4 is 23.7 Å². The number of hydrogen-bond donors (Lipinski definition) is 2. The molecule has 3 amide bonds. The van der Waals surface area contributed by atoms with Crippen LogP contribution in [-0.4, -0.2) is 52.3 Å². The molecular weight excluding hydrogens is 350 g/mol. The van der Waals surface area contributed by atoms with Crippen molar-refractivity contribution in [2.45, 2.75) is 64.5 Å². The number of esters is 1. The van der Waals surface area contributed by atoms with E-state index < -0.39 is 29.4 Å². The molecule has 1 spiro atoms. The lowest BCUT2D eigenvalue weighted by Gasteiger charge is -2.31. The van der Waals surface area contributed by atoms with Crippen LogP contribution in [0.1, 0.15) is 71.1 Å². The van der Waals surface area contributed by atoms with Gasteiger partial charge in [0, 0.05) is 5.69 Å². The van der Waals surface area contributed by atoms with Gasteiger partial charge in [-0.1, -0.05) is 19.3 Å². The number of amides is 3. The van der Waals surface area contributed by atoms with E-state index in [9.17, 15) is 19.2 Å². The number of urea groups is 1. The predicted octanol–water partition coefficient (Wildman–Crippen LogP) is 2.24. The minimum Gasteiger partial charge on any atom is -0.465 e. The second-order valence-corrected chi connectivity index (χ2v) is 7.40. The van der Waals surface area contributed by atoms with Gasteiger partial charge in [0.15, 0.2) is 0 Å². The molecule has 2 fully saturated rings. The van der Waals surface area contributed by atoms with Crippen molar-refractivity contribution in [2.24, 2.45) is 0 Å². The standard InChI is InChI=1S/C19H25N3O5/c1-10-13(16(24)27-4)11(2)20-14(10)15(23)12(3)22-17(25)19(21-18(22)26)8-6-5-7-9-19/h12,20H,5-9H2,1-4H3,(H,21,26)/t12-/m1/s1. The van der Waals surface area contributed by atoms with Gasteiger partial charge in [-0.2, -0.15) is 0 Å². The number of ether oxygens (including phenoxy) is 1. The van der Waals surface area contributed by atoms with Crippen molar-refractivity contribution in [3.63, 3.8) is 0 Å². The Bertz CT molecular complexity index is 820. The third-order valence-electron chi connectivity index (χ3n) is 5.74. The lowest BCUT2D eigenvalue weighted by atomic mass is 9.81. The number of ketones is 1. The van der Waals surface area contributed by atoms with E-state index in [-0.39, 0.29) is 11.6 Å². The molecule has 1 aliphatic heterocycles. The van der Waals surface area contributed by atoms with E-state index in [1.165, 1.54) is 14.0 Å². The highest BCUT2D eigenvalue weighted by Gasteiger charge is 2.53. The van der Waals surface area contributed by atoms with Gasteiger partial charge in [0.05, 0.1) is 18.4 Å². The number of imide groups is 1. The first-order valence-corrected chi connectivity index (χ1v) is 9.21. The molecule has 1 saturated heterocycles. The SMILES string of the molecule is COC(=O)c1c(C)[nH]c(C(=O)[C@@H](C)N2C(=O)NC3(CCCCC3)C2=O)c1C. The van der Waals surface area contributed by atoms with Gasteiger partial charge < -0.3 is 15.0 Å². The largest absolute Gasteiger partial charge is 0.465 e. The van der Waals surface area contributed by atoms with Crippen molar-refractivity contribution in [1.29, 1.82) is 0 Å². The van der Waals surface area contributed by atoms with Gasteiger partial charge in [0.2, 0.25) is 5.78 Å². The van der Waals surface area contributed by atoms with Gasteiger partial charge in [-0.15, -0.1) is 0 Å². The monoisotopic (exact) mass is 375 g/mol. The fraction of sp³-hybridized carbons (Fsp3) is 0.579. The van der Waals surface area contributed by atoms with Crippen LogP contribution in [0, 0.1) is 13.8 Å². The number of Topliss-reactive ketones (excluding diaryl/α,β-unsaturated/α-hetero) is 1. The van der Waals surface area contributed by atoms with E-state index in [4.69, 9.17) is 4.74 Å². The van der Waals surface area contributed by atoms with Gasteiger partial charge in [-0.3, -0.25) is 14.5 Å². The first kappa shape index (κ1) is 19.1. The van der Waals surface area contributed by atoms with Crippen LogP contribution in [0.15, 0.2) is 0 Å². The highest BCUT2D eigenvalue weighted by Crippen LogP contribution is 2.35. The topological polar surface area (TPSA) is 109 Å². The summed E-state index contributed by atoms with van der Waals surface area (Å²) < 4.78 is 4.76. The summed E-state index contributed by atoms with van der Waals surface area (Å²) >= 11 is 0.